The molecule has 0 amide bonds. The molecule has 0 radical (unpaired) electrons. The number of carbonyl (C=O) groups excluding carboxylic acids is 1. The molecular weight excluding hydrogens is 192 g/mol. The lowest BCUT2D eigenvalue weighted by Gasteiger charge is -2.14. The van der Waals surface area contributed by atoms with Gasteiger partial charge in [-0.15, -0.1) is 0 Å². The molecule has 3 N–H and O–H groups in total. The minimum absolute atomic E-state index is 0.135. The standard InChI is InChI=1S/C11H24N2O2/c1-4-15-11(14)7-8-13-10(3)6-5-9(2)12/h9-10,13H,4-8,12H2,1-3H3. The molecule has 15 heavy (non-hydrogen) atoms. The SMILES string of the molecule is CCOC(=O)CCNC(C)CCC(C)N. The summed E-state index contributed by atoms with van der Waals surface area (Å²) >= 11 is 0. The second-order valence-corrected chi connectivity index (χ2v) is 3.96. The van der Waals surface area contributed by atoms with Gasteiger partial charge in [0.2, 0.25) is 0 Å². The van der Waals surface area contributed by atoms with E-state index >= 15 is 0 Å². The zero-order chi connectivity index (χ0) is 11.7. The van der Waals surface area contributed by atoms with Crippen LogP contribution in [-0.2, 0) is 9.53 Å². The number of hydrogen-bond acceptors (Lipinski definition) is 4. The van der Waals surface area contributed by atoms with Gasteiger partial charge in [-0.2, -0.15) is 0 Å². The number of rotatable bonds is 8. The van der Waals surface area contributed by atoms with Gasteiger partial charge < -0.3 is 15.8 Å². The lowest BCUT2D eigenvalue weighted by atomic mass is 10.1. The van der Waals surface area contributed by atoms with Crippen molar-refractivity contribution >= 4 is 5.97 Å². The Labute approximate surface area is 92.6 Å². The minimum atomic E-state index is -0.135. The van der Waals surface area contributed by atoms with Crippen LogP contribution >= 0.6 is 0 Å². The lowest BCUT2D eigenvalue weighted by molar-refractivity contribution is -0.142. The van der Waals surface area contributed by atoms with Crippen LogP contribution in [0.15, 0.2) is 0 Å². The second-order valence-electron chi connectivity index (χ2n) is 3.96. The molecular formula is C11H24N2O2. The van der Waals surface area contributed by atoms with Gasteiger partial charge in [0.1, 0.15) is 0 Å². The number of carbonyl (C=O) groups is 1. The number of ether oxygens (including phenoxy) is 1. The molecule has 4 heteroatoms. The molecule has 0 heterocycles. The molecule has 0 fully saturated rings. The third-order valence-electron chi connectivity index (χ3n) is 2.18. The first-order chi connectivity index (χ1) is 7.06. The zero-order valence-electron chi connectivity index (χ0n) is 10.1. The zero-order valence-corrected chi connectivity index (χ0v) is 10.1. The van der Waals surface area contributed by atoms with Gasteiger partial charge >= 0.3 is 5.97 Å². The molecule has 0 spiro atoms. The second kappa shape index (κ2) is 8.68. The third-order valence-corrected chi connectivity index (χ3v) is 2.18. The van der Waals surface area contributed by atoms with Gasteiger partial charge in [-0.05, 0) is 33.6 Å². The normalized spacial score (nSPS) is 14.7. The highest BCUT2D eigenvalue weighted by molar-refractivity contribution is 5.69. The molecule has 0 aromatic rings. The molecule has 0 bridgehead atoms. The summed E-state index contributed by atoms with van der Waals surface area (Å²) in [5, 5.41) is 3.27. The van der Waals surface area contributed by atoms with Crippen LogP contribution in [0.4, 0.5) is 0 Å². The van der Waals surface area contributed by atoms with Crippen molar-refractivity contribution in [2.45, 2.75) is 52.1 Å². The topological polar surface area (TPSA) is 64.3 Å². The molecule has 0 aliphatic heterocycles. The van der Waals surface area contributed by atoms with E-state index in [4.69, 9.17) is 10.5 Å². The maximum absolute atomic E-state index is 11.0. The van der Waals surface area contributed by atoms with Crippen molar-refractivity contribution in [3.63, 3.8) is 0 Å². The minimum Gasteiger partial charge on any atom is -0.466 e. The van der Waals surface area contributed by atoms with Gasteiger partial charge in [-0.1, -0.05) is 0 Å². The van der Waals surface area contributed by atoms with E-state index in [0.717, 1.165) is 12.8 Å². The van der Waals surface area contributed by atoms with Gasteiger partial charge in [0.25, 0.3) is 0 Å². The Kier molecular flexibility index (Phi) is 8.33. The van der Waals surface area contributed by atoms with Gasteiger partial charge in [-0.25, -0.2) is 0 Å². The Morgan fingerprint density at radius 3 is 2.60 bits per heavy atom. The van der Waals surface area contributed by atoms with Crippen LogP contribution in [0.3, 0.4) is 0 Å². The van der Waals surface area contributed by atoms with Crippen LogP contribution in [0.25, 0.3) is 0 Å². The average molecular weight is 216 g/mol. The maximum atomic E-state index is 11.0. The predicted octanol–water partition coefficient (Wildman–Crippen LogP) is 1.05. The Morgan fingerprint density at radius 1 is 1.40 bits per heavy atom. The van der Waals surface area contributed by atoms with E-state index in [0.29, 0.717) is 25.6 Å². The fourth-order valence-corrected chi connectivity index (χ4v) is 1.27. The van der Waals surface area contributed by atoms with E-state index in [1.54, 1.807) is 0 Å². The first-order valence-electron chi connectivity index (χ1n) is 5.70. The van der Waals surface area contributed by atoms with Crippen LogP contribution in [0.5, 0.6) is 0 Å². The summed E-state index contributed by atoms with van der Waals surface area (Å²) in [7, 11) is 0. The van der Waals surface area contributed by atoms with Crippen LogP contribution in [-0.4, -0.2) is 31.2 Å². The van der Waals surface area contributed by atoms with E-state index in [2.05, 4.69) is 12.2 Å². The van der Waals surface area contributed by atoms with Crippen molar-refractivity contribution in [1.29, 1.82) is 0 Å². The van der Waals surface area contributed by atoms with Gasteiger partial charge in [0.05, 0.1) is 13.0 Å². The highest BCUT2D eigenvalue weighted by atomic mass is 16.5. The molecule has 0 saturated carbocycles. The molecule has 0 aromatic heterocycles. The van der Waals surface area contributed by atoms with Gasteiger partial charge in [-0.3, -0.25) is 4.79 Å². The Morgan fingerprint density at radius 2 is 2.07 bits per heavy atom. The lowest BCUT2D eigenvalue weighted by Crippen LogP contribution is -2.30. The Bertz CT molecular complexity index is 172. The Balaban J connectivity index is 3.38. The fraction of sp³-hybridized carbons (Fsp3) is 0.909. The number of nitrogens with one attached hydrogen (secondary N) is 1. The highest BCUT2D eigenvalue weighted by Crippen LogP contribution is 1.99. The molecule has 0 aliphatic carbocycles. The van der Waals surface area contributed by atoms with E-state index in [1.165, 1.54) is 0 Å². The monoisotopic (exact) mass is 216 g/mol. The van der Waals surface area contributed by atoms with Crippen molar-refractivity contribution in [3.8, 4) is 0 Å². The Hall–Kier alpha value is -0.610. The summed E-state index contributed by atoms with van der Waals surface area (Å²) in [5.41, 5.74) is 5.66. The van der Waals surface area contributed by atoms with Crippen LogP contribution in [0.1, 0.15) is 40.0 Å². The van der Waals surface area contributed by atoms with Crippen molar-refractivity contribution in [1.82, 2.24) is 5.32 Å². The van der Waals surface area contributed by atoms with Gasteiger partial charge in [0.15, 0.2) is 0 Å². The van der Waals surface area contributed by atoms with E-state index in [-0.39, 0.29) is 12.0 Å². The van der Waals surface area contributed by atoms with Crippen LogP contribution < -0.4 is 11.1 Å². The smallest absolute Gasteiger partial charge is 0.307 e. The summed E-state index contributed by atoms with van der Waals surface area (Å²) < 4.78 is 4.82. The summed E-state index contributed by atoms with van der Waals surface area (Å²) in [4.78, 5) is 11.0. The molecule has 2 atom stereocenters. The van der Waals surface area contributed by atoms with E-state index in [1.807, 2.05) is 13.8 Å². The first-order valence-corrected chi connectivity index (χ1v) is 5.70. The molecule has 4 nitrogen and oxygen atoms in total. The maximum Gasteiger partial charge on any atom is 0.307 e. The number of hydrogen-bond donors (Lipinski definition) is 2. The summed E-state index contributed by atoms with van der Waals surface area (Å²) in [5.74, 6) is -0.135. The third kappa shape index (κ3) is 9.69. The number of nitrogens with two attached hydrogens (primary N) is 1. The van der Waals surface area contributed by atoms with Crippen molar-refractivity contribution in [2.75, 3.05) is 13.2 Å². The molecule has 0 aliphatic rings. The van der Waals surface area contributed by atoms with E-state index < -0.39 is 0 Å². The number of esters is 1. The molecule has 0 rings (SSSR count). The molecule has 2 unspecified atom stereocenters. The van der Waals surface area contributed by atoms with Crippen molar-refractivity contribution in [3.05, 3.63) is 0 Å². The first kappa shape index (κ1) is 14.4. The predicted molar refractivity (Wildman–Crippen MR) is 61.6 cm³/mol. The van der Waals surface area contributed by atoms with Crippen molar-refractivity contribution < 1.29 is 9.53 Å². The fourth-order valence-electron chi connectivity index (χ4n) is 1.27. The highest BCUT2D eigenvalue weighted by Gasteiger charge is 2.05. The van der Waals surface area contributed by atoms with Crippen LogP contribution in [0.2, 0.25) is 0 Å². The van der Waals surface area contributed by atoms with Gasteiger partial charge in [0, 0.05) is 18.6 Å². The summed E-state index contributed by atoms with van der Waals surface area (Å²) in [6.07, 6.45) is 2.49. The quantitative estimate of drug-likeness (QED) is 0.595. The summed E-state index contributed by atoms with van der Waals surface area (Å²) in [6.45, 7) is 7.06. The molecule has 90 valence electrons. The molecule has 0 aromatic carbocycles. The summed E-state index contributed by atoms with van der Waals surface area (Å²) in [6, 6.07) is 0.657. The molecule has 0 saturated heterocycles. The average Bonchev–Trinajstić information content (AvgIpc) is 2.15. The van der Waals surface area contributed by atoms with Crippen LogP contribution in [0, 0.1) is 0 Å². The van der Waals surface area contributed by atoms with E-state index in [9.17, 15) is 4.79 Å². The van der Waals surface area contributed by atoms with Crippen molar-refractivity contribution in [2.24, 2.45) is 5.73 Å². The largest absolute Gasteiger partial charge is 0.466 e.